The number of aliphatic carboxylic acids is 1. The third kappa shape index (κ3) is 5.59. The zero-order chi connectivity index (χ0) is 24.3. The molecule has 0 aromatic heterocycles. The van der Waals surface area contributed by atoms with E-state index in [1.54, 1.807) is 18.2 Å². The van der Waals surface area contributed by atoms with E-state index in [1.807, 2.05) is 0 Å². The monoisotopic (exact) mass is 457 g/mol. The van der Waals surface area contributed by atoms with E-state index < -0.39 is 53.8 Å². The number of urea groups is 1. The lowest BCUT2D eigenvalue weighted by atomic mass is 9.97. The van der Waals surface area contributed by atoms with E-state index in [-0.39, 0.29) is 11.1 Å². The fourth-order valence-corrected chi connectivity index (χ4v) is 3.50. The van der Waals surface area contributed by atoms with E-state index in [0.29, 0.717) is 11.1 Å². The van der Waals surface area contributed by atoms with Crippen LogP contribution in [0.1, 0.15) is 24.9 Å². The minimum atomic E-state index is -1.44. The number of carboxylic acids is 1. The van der Waals surface area contributed by atoms with Crippen molar-refractivity contribution in [2.24, 2.45) is 0 Å². The molecule has 0 spiro atoms. The molecule has 0 saturated carbocycles. The number of hydrogen-bond donors (Lipinski definition) is 3. The molecular weight excluding hydrogens is 436 g/mol. The lowest BCUT2D eigenvalue weighted by Crippen LogP contribution is -2.56. The van der Waals surface area contributed by atoms with Gasteiger partial charge in [-0.1, -0.05) is 18.2 Å². The molecular formula is C23H21F2N3O5. The summed E-state index contributed by atoms with van der Waals surface area (Å²) in [5, 5.41) is 14.1. The first-order valence-corrected chi connectivity index (χ1v) is 9.89. The summed E-state index contributed by atoms with van der Waals surface area (Å²) in [6.45, 7) is 1.51. The summed E-state index contributed by atoms with van der Waals surface area (Å²) in [5.74, 6) is -3.97. The average Bonchev–Trinajstić information content (AvgIpc) is 2.74. The Morgan fingerprint density at radius 2 is 1.76 bits per heavy atom. The van der Waals surface area contributed by atoms with Gasteiger partial charge in [0.15, 0.2) is 11.8 Å². The third-order valence-electron chi connectivity index (χ3n) is 5.08. The normalized spacial score (nSPS) is 16.8. The molecule has 0 aliphatic carbocycles. The van der Waals surface area contributed by atoms with Crippen LogP contribution in [0.25, 0.3) is 11.1 Å². The van der Waals surface area contributed by atoms with Crippen LogP contribution in [0, 0.1) is 11.6 Å². The Labute approximate surface area is 187 Å². The number of carbonyl (C=O) groups is 4. The maximum absolute atomic E-state index is 13.6. The first-order chi connectivity index (χ1) is 15.5. The molecule has 0 fully saturated rings. The number of Topliss-reactive ketones (excluding diaryl/α,β-unsaturated/α-hetero) is 1. The maximum Gasteiger partial charge on any atom is 0.316 e. The van der Waals surface area contributed by atoms with Gasteiger partial charge in [0.25, 0.3) is 5.91 Å². The molecule has 10 heteroatoms. The van der Waals surface area contributed by atoms with E-state index in [4.69, 9.17) is 0 Å². The van der Waals surface area contributed by atoms with E-state index in [0.717, 1.165) is 18.2 Å². The highest BCUT2D eigenvalue weighted by Crippen LogP contribution is 2.26. The number of hydrogen-bond acceptors (Lipinski definition) is 4. The van der Waals surface area contributed by atoms with E-state index in [9.17, 15) is 33.1 Å². The van der Waals surface area contributed by atoms with Crippen molar-refractivity contribution in [2.45, 2.75) is 25.4 Å². The smallest absolute Gasteiger partial charge is 0.316 e. The van der Waals surface area contributed by atoms with E-state index in [2.05, 4.69) is 10.6 Å². The Balaban J connectivity index is 1.84. The van der Waals surface area contributed by atoms with Crippen molar-refractivity contribution < 1.29 is 33.1 Å². The van der Waals surface area contributed by atoms with Crippen LogP contribution in [0.5, 0.6) is 0 Å². The Kier molecular flexibility index (Phi) is 6.86. The molecule has 33 heavy (non-hydrogen) atoms. The van der Waals surface area contributed by atoms with Gasteiger partial charge in [-0.05, 0) is 41.8 Å². The Morgan fingerprint density at radius 1 is 1.09 bits per heavy atom. The quantitative estimate of drug-likeness (QED) is 0.577. The van der Waals surface area contributed by atoms with E-state index >= 15 is 0 Å². The Bertz CT molecular complexity index is 1140. The van der Waals surface area contributed by atoms with Gasteiger partial charge in [-0.15, -0.1) is 0 Å². The molecule has 3 rings (SSSR count). The van der Waals surface area contributed by atoms with Crippen molar-refractivity contribution in [3.63, 3.8) is 0 Å². The fourth-order valence-electron chi connectivity index (χ4n) is 3.50. The summed E-state index contributed by atoms with van der Waals surface area (Å²) in [6, 6.07) is 5.76. The number of nitrogens with zero attached hydrogens (tertiary/aromatic N) is 1. The van der Waals surface area contributed by atoms with Crippen molar-refractivity contribution >= 4 is 23.7 Å². The molecule has 172 valence electrons. The molecule has 1 aliphatic heterocycles. The van der Waals surface area contributed by atoms with Crippen molar-refractivity contribution in [1.82, 2.24) is 15.5 Å². The van der Waals surface area contributed by atoms with Crippen LogP contribution in [0.2, 0.25) is 0 Å². The molecule has 1 heterocycles. The second-order valence-corrected chi connectivity index (χ2v) is 7.61. The van der Waals surface area contributed by atoms with Crippen molar-refractivity contribution in [3.05, 3.63) is 71.4 Å². The second-order valence-electron chi connectivity index (χ2n) is 7.61. The molecule has 3 amide bonds. The number of likely N-dealkylation sites (N-methyl/N-ethyl adjacent to an activating group) is 1. The van der Waals surface area contributed by atoms with Crippen LogP contribution >= 0.6 is 0 Å². The number of ketones is 1. The molecule has 0 bridgehead atoms. The molecule has 1 aliphatic rings. The molecule has 8 nitrogen and oxygen atoms in total. The summed E-state index contributed by atoms with van der Waals surface area (Å²) in [5.41, 5.74) is 1.27. The summed E-state index contributed by atoms with van der Waals surface area (Å²) < 4.78 is 27.2. The summed E-state index contributed by atoms with van der Waals surface area (Å²) >= 11 is 0. The standard InChI is InChI=1S/C23H21F2N3O5/c1-12-11-28(2)22(32)20(21(12)31)27-23(33)26-18(10-19(29)30)14-5-3-4-13(6-14)15-7-16(24)9-17(25)8-15/h3-9,11,18,20H,10H2,1-2H3,(H,29,30)(H2,26,27,33). The topological polar surface area (TPSA) is 116 Å². The molecule has 0 radical (unpaired) electrons. The van der Waals surface area contributed by atoms with Crippen LogP contribution < -0.4 is 10.6 Å². The molecule has 2 aromatic carbocycles. The minimum absolute atomic E-state index is 0.233. The van der Waals surface area contributed by atoms with Crippen molar-refractivity contribution in [3.8, 4) is 11.1 Å². The van der Waals surface area contributed by atoms with Gasteiger partial charge in [0.05, 0.1) is 12.5 Å². The van der Waals surface area contributed by atoms with Gasteiger partial charge in [0, 0.05) is 24.9 Å². The van der Waals surface area contributed by atoms with Crippen LogP contribution in [0.15, 0.2) is 54.2 Å². The Hall–Kier alpha value is -4.08. The predicted octanol–water partition coefficient (Wildman–Crippen LogP) is 2.76. The van der Waals surface area contributed by atoms with Crippen LogP contribution in [0.4, 0.5) is 13.6 Å². The van der Waals surface area contributed by atoms with Crippen LogP contribution in [-0.4, -0.2) is 46.8 Å². The highest BCUT2D eigenvalue weighted by Gasteiger charge is 2.35. The highest BCUT2D eigenvalue weighted by molar-refractivity contribution is 6.16. The number of rotatable bonds is 6. The van der Waals surface area contributed by atoms with Crippen LogP contribution in [0.3, 0.4) is 0 Å². The SMILES string of the molecule is CC1=CN(C)C(=O)C(NC(=O)NC(CC(=O)O)c2cccc(-c3cc(F)cc(F)c3)c2)C1=O. The lowest BCUT2D eigenvalue weighted by molar-refractivity contribution is -0.138. The number of carboxylic acid groups (broad SMARTS) is 1. The Morgan fingerprint density at radius 3 is 2.39 bits per heavy atom. The lowest BCUT2D eigenvalue weighted by Gasteiger charge is -2.27. The largest absolute Gasteiger partial charge is 0.481 e. The van der Waals surface area contributed by atoms with Gasteiger partial charge in [-0.3, -0.25) is 14.4 Å². The number of halogens is 2. The molecule has 3 N–H and O–H groups in total. The average molecular weight is 457 g/mol. The summed E-state index contributed by atoms with van der Waals surface area (Å²) in [4.78, 5) is 49.7. The number of nitrogens with one attached hydrogen (secondary N) is 2. The number of carbonyl (C=O) groups excluding carboxylic acids is 3. The van der Waals surface area contributed by atoms with Gasteiger partial charge < -0.3 is 20.6 Å². The first-order valence-electron chi connectivity index (χ1n) is 9.89. The highest BCUT2D eigenvalue weighted by atomic mass is 19.1. The predicted molar refractivity (Wildman–Crippen MR) is 114 cm³/mol. The van der Waals surface area contributed by atoms with Crippen molar-refractivity contribution in [1.29, 1.82) is 0 Å². The second kappa shape index (κ2) is 9.60. The van der Waals surface area contributed by atoms with Crippen LogP contribution in [-0.2, 0) is 14.4 Å². The molecule has 0 saturated heterocycles. The minimum Gasteiger partial charge on any atom is -0.481 e. The van der Waals surface area contributed by atoms with Crippen molar-refractivity contribution in [2.75, 3.05) is 7.05 Å². The zero-order valence-electron chi connectivity index (χ0n) is 17.8. The molecule has 2 unspecified atom stereocenters. The van der Waals surface area contributed by atoms with E-state index in [1.165, 1.54) is 31.1 Å². The maximum atomic E-state index is 13.6. The molecule has 2 aromatic rings. The molecule has 2 atom stereocenters. The number of amides is 3. The van der Waals surface area contributed by atoms with Gasteiger partial charge in [0.2, 0.25) is 0 Å². The zero-order valence-corrected chi connectivity index (χ0v) is 17.8. The summed E-state index contributed by atoms with van der Waals surface area (Å²) in [7, 11) is 1.44. The fraction of sp³-hybridized carbons (Fsp3) is 0.217. The van der Waals surface area contributed by atoms with Gasteiger partial charge in [-0.2, -0.15) is 0 Å². The van der Waals surface area contributed by atoms with Gasteiger partial charge in [-0.25, -0.2) is 13.6 Å². The first kappa shape index (κ1) is 23.6. The third-order valence-corrected chi connectivity index (χ3v) is 5.08. The summed E-state index contributed by atoms with van der Waals surface area (Å²) in [6.07, 6.45) is 0.842. The van der Waals surface area contributed by atoms with Gasteiger partial charge in [0.1, 0.15) is 11.6 Å². The van der Waals surface area contributed by atoms with Gasteiger partial charge >= 0.3 is 12.0 Å². The number of benzene rings is 2.